The summed E-state index contributed by atoms with van der Waals surface area (Å²) in [4.78, 5) is 31.7. The zero-order valence-corrected chi connectivity index (χ0v) is 13.4. The van der Waals surface area contributed by atoms with Crippen LogP contribution >= 0.6 is 0 Å². The third-order valence-corrected chi connectivity index (χ3v) is 5.52. The Hall–Kier alpha value is -1.10. The van der Waals surface area contributed by atoms with Crippen LogP contribution in [0.4, 0.5) is 0 Å². The number of amides is 2. The van der Waals surface area contributed by atoms with Crippen LogP contribution in [0.1, 0.15) is 39.5 Å². The van der Waals surface area contributed by atoms with Gasteiger partial charge in [0.05, 0.1) is 0 Å². The molecule has 3 rings (SSSR count). The number of fused-ring (bicyclic) bond motifs is 1. The predicted octanol–water partition coefficient (Wildman–Crippen LogP) is 0.938. The summed E-state index contributed by atoms with van der Waals surface area (Å²) in [6, 6.07) is -0.256. The topological polar surface area (TPSA) is 43.9 Å². The van der Waals surface area contributed by atoms with Crippen LogP contribution in [0.15, 0.2) is 0 Å². The first-order valence-corrected chi connectivity index (χ1v) is 8.32. The minimum atomic E-state index is -0.289. The van der Waals surface area contributed by atoms with E-state index in [4.69, 9.17) is 0 Å². The SMILES string of the molecule is CC1CN(C)CCC1N1C(=O)C2CCCCN2C(=O)C1C. The Morgan fingerprint density at radius 3 is 2.48 bits per heavy atom. The van der Waals surface area contributed by atoms with Crippen LogP contribution < -0.4 is 0 Å². The van der Waals surface area contributed by atoms with E-state index in [2.05, 4.69) is 18.9 Å². The van der Waals surface area contributed by atoms with Crippen molar-refractivity contribution in [2.24, 2.45) is 5.92 Å². The summed E-state index contributed by atoms with van der Waals surface area (Å²) in [5.41, 5.74) is 0. The van der Waals surface area contributed by atoms with E-state index < -0.39 is 0 Å². The lowest BCUT2D eigenvalue weighted by Crippen LogP contribution is -2.68. The number of hydrogen-bond donors (Lipinski definition) is 0. The maximum absolute atomic E-state index is 13.0. The number of likely N-dealkylation sites (tertiary alicyclic amines) is 1. The molecule has 0 aliphatic carbocycles. The molecule has 3 aliphatic heterocycles. The molecule has 5 nitrogen and oxygen atoms in total. The highest BCUT2D eigenvalue weighted by molar-refractivity contribution is 5.97. The molecule has 4 atom stereocenters. The molecule has 21 heavy (non-hydrogen) atoms. The first-order valence-electron chi connectivity index (χ1n) is 8.32. The quantitative estimate of drug-likeness (QED) is 0.723. The molecule has 0 spiro atoms. The van der Waals surface area contributed by atoms with Gasteiger partial charge >= 0.3 is 0 Å². The Morgan fingerprint density at radius 1 is 1.00 bits per heavy atom. The molecule has 0 saturated carbocycles. The Bertz CT molecular complexity index is 439. The number of piperidine rings is 2. The Kier molecular flexibility index (Phi) is 3.95. The van der Waals surface area contributed by atoms with Gasteiger partial charge in [-0.3, -0.25) is 9.59 Å². The Balaban J connectivity index is 1.84. The second kappa shape index (κ2) is 5.59. The second-order valence-electron chi connectivity index (χ2n) is 7.06. The zero-order valence-electron chi connectivity index (χ0n) is 13.4. The summed E-state index contributed by atoms with van der Waals surface area (Å²) < 4.78 is 0. The average Bonchev–Trinajstić information content (AvgIpc) is 2.47. The summed E-state index contributed by atoms with van der Waals surface area (Å²) >= 11 is 0. The van der Waals surface area contributed by atoms with Crippen molar-refractivity contribution in [3.8, 4) is 0 Å². The summed E-state index contributed by atoms with van der Waals surface area (Å²) in [7, 11) is 2.13. The fourth-order valence-electron chi connectivity index (χ4n) is 4.38. The molecule has 0 aromatic heterocycles. The van der Waals surface area contributed by atoms with Crippen molar-refractivity contribution < 1.29 is 9.59 Å². The summed E-state index contributed by atoms with van der Waals surface area (Å²) in [5.74, 6) is 0.784. The van der Waals surface area contributed by atoms with Crippen LogP contribution in [-0.4, -0.2) is 71.3 Å². The van der Waals surface area contributed by atoms with Gasteiger partial charge in [-0.15, -0.1) is 0 Å². The number of nitrogens with zero attached hydrogens (tertiary/aromatic N) is 3. The van der Waals surface area contributed by atoms with Crippen LogP contribution in [0.25, 0.3) is 0 Å². The monoisotopic (exact) mass is 293 g/mol. The lowest BCUT2D eigenvalue weighted by atomic mass is 9.88. The molecule has 0 N–H and O–H groups in total. The van der Waals surface area contributed by atoms with Gasteiger partial charge in [-0.1, -0.05) is 6.92 Å². The Morgan fingerprint density at radius 2 is 1.76 bits per heavy atom. The smallest absolute Gasteiger partial charge is 0.246 e. The highest BCUT2D eigenvalue weighted by Gasteiger charge is 2.48. The lowest BCUT2D eigenvalue weighted by Gasteiger charge is -2.51. The Labute approximate surface area is 127 Å². The molecule has 2 amide bonds. The van der Waals surface area contributed by atoms with E-state index in [1.54, 1.807) is 0 Å². The van der Waals surface area contributed by atoms with E-state index in [0.29, 0.717) is 5.92 Å². The molecule has 0 bridgehead atoms. The highest BCUT2D eigenvalue weighted by atomic mass is 16.2. The summed E-state index contributed by atoms with van der Waals surface area (Å²) in [6.07, 6.45) is 3.92. The molecule has 118 valence electrons. The molecular weight excluding hydrogens is 266 g/mol. The molecule has 3 saturated heterocycles. The molecule has 0 radical (unpaired) electrons. The third kappa shape index (κ3) is 2.45. The molecule has 4 unspecified atom stereocenters. The number of rotatable bonds is 1. The normalized spacial score (nSPS) is 38.6. The maximum Gasteiger partial charge on any atom is 0.246 e. The molecule has 3 aliphatic rings. The van der Waals surface area contributed by atoms with Crippen LogP contribution in [0.2, 0.25) is 0 Å². The second-order valence-corrected chi connectivity index (χ2v) is 7.06. The van der Waals surface area contributed by atoms with Gasteiger partial charge in [0.2, 0.25) is 11.8 Å². The van der Waals surface area contributed by atoms with Crippen LogP contribution in [0.5, 0.6) is 0 Å². The fraction of sp³-hybridized carbons (Fsp3) is 0.875. The largest absolute Gasteiger partial charge is 0.329 e. The zero-order chi connectivity index (χ0) is 15.1. The minimum absolute atomic E-state index is 0.158. The van der Waals surface area contributed by atoms with Crippen molar-refractivity contribution in [2.45, 2.75) is 57.7 Å². The summed E-state index contributed by atoms with van der Waals surface area (Å²) in [6.45, 7) is 6.89. The number of hydrogen-bond acceptors (Lipinski definition) is 3. The number of piperazine rings is 1. The van der Waals surface area contributed by atoms with E-state index in [-0.39, 0.29) is 29.9 Å². The van der Waals surface area contributed by atoms with Gasteiger partial charge in [-0.05, 0) is 52.1 Å². The van der Waals surface area contributed by atoms with E-state index in [0.717, 1.165) is 45.3 Å². The molecule has 5 heteroatoms. The van der Waals surface area contributed by atoms with Gasteiger partial charge in [0.15, 0.2) is 0 Å². The lowest BCUT2D eigenvalue weighted by molar-refractivity contribution is -0.168. The van der Waals surface area contributed by atoms with Gasteiger partial charge < -0.3 is 14.7 Å². The molecule has 3 heterocycles. The van der Waals surface area contributed by atoms with Gasteiger partial charge in [0.25, 0.3) is 0 Å². The van der Waals surface area contributed by atoms with Gasteiger partial charge in [-0.25, -0.2) is 0 Å². The molecule has 0 aromatic rings. The van der Waals surface area contributed by atoms with Crippen molar-refractivity contribution in [1.29, 1.82) is 0 Å². The van der Waals surface area contributed by atoms with Gasteiger partial charge in [0.1, 0.15) is 12.1 Å². The van der Waals surface area contributed by atoms with Crippen LogP contribution in [0.3, 0.4) is 0 Å². The first-order chi connectivity index (χ1) is 10.0. The van der Waals surface area contributed by atoms with Crippen molar-refractivity contribution in [3.05, 3.63) is 0 Å². The number of carbonyl (C=O) groups is 2. The van der Waals surface area contributed by atoms with Crippen molar-refractivity contribution >= 4 is 11.8 Å². The van der Waals surface area contributed by atoms with E-state index in [9.17, 15) is 9.59 Å². The summed E-state index contributed by atoms with van der Waals surface area (Å²) in [5, 5.41) is 0. The van der Waals surface area contributed by atoms with Crippen molar-refractivity contribution in [1.82, 2.24) is 14.7 Å². The average molecular weight is 293 g/mol. The number of carbonyl (C=O) groups excluding carboxylic acids is 2. The van der Waals surface area contributed by atoms with E-state index in [1.165, 1.54) is 0 Å². The van der Waals surface area contributed by atoms with E-state index in [1.807, 2.05) is 16.7 Å². The maximum atomic E-state index is 13.0. The van der Waals surface area contributed by atoms with Crippen molar-refractivity contribution in [2.75, 3.05) is 26.7 Å². The van der Waals surface area contributed by atoms with Crippen LogP contribution in [-0.2, 0) is 9.59 Å². The minimum Gasteiger partial charge on any atom is -0.329 e. The fourth-order valence-corrected chi connectivity index (χ4v) is 4.38. The van der Waals surface area contributed by atoms with Crippen molar-refractivity contribution in [3.63, 3.8) is 0 Å². The van der Waals surface area contributed by atoms with Gasteiger partial charge in [-0.2, -0.15) is 0 Å². The predicted molar refractivity (Wildman–Crippen MR) is 80.7 cm³/mol. The molecular formula is C16H27N3O2. The van der Waals surface area contributed by atoms with Crippen LogP contribution in [0, 0.1) is 5.92 Å². The third-order valence-electron chi connectivity index (χ3n) is 5.52. The standard InChI is InChI=1S/C16H27N3O2/c1-11-10-17(3)9-7-13(11)19-12(2)15(20)18-8-5-4-6-14(18)16(19)21/h11-14H,4-10H2,1-3H3. The van der Waals surface area contributed by atoms with E-state index >= 15 is 0 Å². The highest BCUT2D eigenvalue weighted by Crippen LogP contribution is 2.31. The molecule has 3 fully saturated rings. The first kappa shape index (κ1) is 14.8. The van der Waals surface area contributed by atoms with Gasteiger partial charge in [0, 0.05) is 19.1 Å². The molecule has 0 aromatic carbocycles.